The van der Waals surface area contributed by atoms with Crippen LogP contribution in [-0.2, 0) is 24.4 Å². The van der Waals surface area contributed by atoms with Gasteiger partial charge >= 0.3 is 6.03 Å². The van der Waals surface area contributed by atoms with E-state index < -0.39 is 0 Å². The Morgan fingerprint density at radius 1 is 1.15 bits per heavy atom. The summed E-state index contributed by atoms with van der Waals surface area (Å²) in [4.78, 5) is 30.2. The molecule has 0 radical (unpaired) electrons. The van der Waals surface area contributed by atoms with Crippen LogP contribution < -0.4 is 5.32 Å². The van der Waals surface area contributed by atoms with Crippen molar-refractivity contribution in [3.63, 3.8) is 0 Å². The Morgan fingerprint density at radius 3 is 2.67 bits per heavy atom. The van der Waals surface area contributed by atoms with Gasteiger partial charge in [-0.2, -0.15) is 5.10 Å². The van der Waals surface area contributed by atoms with Gasteiger partial charge in [0, 0.05) is 33.6 Å². The number of likely N-dealkylation sites (tertiary alicyclic amines) is 1. The van der Waals surface area contributed by atoms with E-state index in [0.29, 0.717) is 19.5 Å². The Bertz CT molecular complexity index is 651. The van der Waals surface area contributed by atoms with E-state index in [1.165, 1.54) is 25.9 Å². The maximum Gasteiger partial charge on any atom is 0.319 e. The van der Waals surface area contributed by atoms with Crippen LogP contribution in [0.25, 0.3) is 0 Å². The van der Waals surface area contributed by atoms with Gasteiger partial charge in [-0.1, -0.05) is 0 Å². The Balaban J connectivity index is 1.45. The average Bonchev–Trinajstić information content (AvgIpc) is 3.25. The molecule has 3 rings (SSSR count). The molecule has 1 fully saturated rings. The zero-order valence-electron chi connectivity index (χ0n) is 16.6. The second-order valence-corrected chi connectivity index (χ2v) is 7.73. The molecule has 150 valence electrons. The van der Waals surface area contributed by atoms with Crippen molar-refractivity contribution in [3.8, 4) is 0 Å². The summed E-state index contributed by atoms with van der Waals surface area (Å²) in [5, 5.41) is 7.59. The number of hydrogen-bond donors (Lipinski definition) is 1. The lowest BCUT2D eigenvalue weighted by Crippen LogP contribution is -2.38. The molecule has 1 saturated heterocycles. The molecule has 1 N–H and O–H groups in total. The summed E-state index contributed by atoms with van der Waals surface area (Å²) in [6, 6.07) is 2.03. The van der Waals surface area contributed by atoms with E-state index in [-0.39, 0.29) is 11.9 Å². The van der Waals surface area contributed by atoms with Crippen LogP contribution in [0.4, 0.5) is 4.79 Å². The third-order valence-electron chi connectivity index (χ3n) is 5.26. The first-order valence-electron chi connectivity index (χ1n) is 10.0. The fourth-order valence-corrected chi connectivity index (χ4v) is 3.80. The Labute approximate surface area is 161 Å². The van der Waals surface area contributed by atoms with Crippen LogP contribution in [-0.4, -0.2) is 76.7 Å². The molecule has 0 unspecified atom stereocenters. The lowest BCUT2D eigenvalue weighted by atomic mass is 10.2. The molecule has 2 aliphatic heterocycles. The maximum absolute atomic E-state index is 12.2. The molecule has 8 nitrogen and oxygen atoms in total. The highest BCUT2D eigenvalue weighted by atomic mass is 16.2. The highest BCUT2D eigenvalue weighted by Crippen LogP contribution is 2.15. The van der Waals surface area contributed by atoms with E-state index in [4.69, 9.17) is 0 Å². The number of nitrogens with one attached hydrogen (secondary N) is 1. The predicted octanol–water partition coefficient (Wildman–Crippen LogP) is 1.26. The zero-order chi connectivity index (χ0) is 19.2. The number of carbonyl (C=O) groups is 2. The molecule has 1 aromatic heterocycles. The lowest BCUT2D eigenvalue weighted by Gasteiger charge is -2.23. The highest BCUT2D eigenvalue weighted by molar-refractivity contribution is 5.75. The maximum atomic E-state index is 12.2. The van der Waals surface area contributed by atoms with Crippen LogP contribution >= 0.6 is 0 Å². The minimum Gasteiger partial charge on any atom is -0.350 e. The fourth-order valence-electron chi connectivity index (χ4n) is 3.80. The van der Waals surface area contributed by atoms with E-state index in [0.717, 1.165) is 43.9 Å². The molecule has 8 heteroatoms. The topological polar surface area (TPSA) is 73.7 Å². The number of amides is 3. The summed E-state index contributed by atoms with van der Waals surface area (Å²) in [5.74, 6) is 0.0850. The van der Waals surface area contributed by atoms with Crippen LogP contribution in [0.15, 0.2) is 6.07 Å². The van der Waals surface area contributed by atoms with Crippen molar-refractivity contribution < 1.29 is 9.59 Å². The molecule has 0 spiro atoms. The van der Waals surface area contributed by atoms with Gasteiger partial charge < -0.3 is 20.0 Å². The monoisotopic (exact) mass is 376 g/mol. The number of aromatic nitrogens is 2. The van der Waals surface area contributed by atoms with E-state index >= 15 is 0 Å². The SMILES string of the molecule is CN(C)C(=O)N1CCCn2nc(CNC(=O)CCCN3CCCC3)cc2C1. The second-order valence-electron chi connectivity index (χ2n) is 7.73. The van der Waals surface area contributed by atoms with Gasteiger partial charge in [0.2, 0.25) is 5.91 Å². The van der Waals surface area contributed by atoms with Gasteiger partial charge in [0.05, 0.1) is 24.5 Å². The molecule has 0 aliphatic carbocycles. The van der Waals surface area contributed by atoms with Crippen molar-refractivity contribution in [1.29, 1.82) is 0 Å². The van der Waals surface area contributed by atoms with Crippen LogP contribution in [0, 0.1) is 0 Å². The number of aryl methyl sites for hydroxylation is 1. The molecule has 27 heavy (non-hydrogen) atoms. The third-order valence-corrected chi connectivity index (χ3v) is 5.26. The largest absolute Gasteiger partial charge is 0.350 e. The summed E-state index contributed by atoms with van der Waals surface area (Å²) >= 11 is 0. The van der Waals surface area contributed by atoms with Crippen LogP contribution in [0.5, 0.6) is 0 Å². The van der Waals surface area contributed by atoms with Crippen molar-refractivity contribution in [1.82, 2.24) is 29.8 Å². The van der Waals surface area contributed by atoms with Crippen molar-refractivity contribution in [2.24, 2.45) is 0 Å². The minimum absolute atomic E-state index is 0.0255. The van der Waals surface area contributed by atoms with E-state index in [1.807, 2.05) is 15.6 Å². The number of urea groups is 1. The standard InChI is InChI=1S/C19H32N6O2/c1-22(2)19(27)24-11-6-12-25-17(15-24)13-16(21-25)14-20-18(26)7-5-10-23-8-3-4-9-23/h13H,3-12,14-15H2,1-2H3,(H,20,26). The van der Waals surface area contributed by atoms with Gasteiger partial charge in [-0.05, 0) is 51.4 Å². The molecular weight excluding hydrogens is 344 g/mol. The molecular formula is C19H32N6O2. The molecule has 0 atom stereocenters. The van der Waals surface area contributed by atoms with Gasteiger partial charge in [-0.25, -0.2) is 4.79 Å². The summed E-state index contributed by atoms with van der Waals surface area (Å²) < 4.78 is 1.97. The first kappa shape index (κ1) is 19.7. The zero-order valence-corrected chi connectivity index (χ0v) is 16.6. The first-order chi connectivity index (χ1) is 13.0. The summed E-state index contributed by atoms with van der Waals surface area (Å²) in [7, 11) is 3.55. The van der Waals surface area contributed by atoms with E-state index in [2.05, 4.69) is 15.3 Å². The van der Waals surface area contributed by atoms with Crippen molar-refractivity contribution in [2.75, 3.05) is 40.3 Å². The number of nitrogens with zero attached hydrogens (tertiary/aromatic N) is 5. The van der Waals surface area contributed by atoms with Crippen LogP contribution in [0.3, 0.4) is 0 Å². The van der Waals surface area contributed by atoms with Crippen LogP contribution in [0.1, 0.15) is 43.5 Å². The molecule has 0 saturated carbocycles. The van der Waals surface area contributed by atoms with Gasteiger partial charge in [0.25, 0.3) is 0 Å². The summed E-state index contributed by atoms with van der Waals surface area (Å²) in [6.07, 6.45) is 4.93. The molecule has 1 aromatic rings. The normalized spacial score (nSPS) is 17.5. The fraction of sp³-hybridized carbons (Fsp3) is 0.737. The molecule has 0 aromatic carbocycles. The number of carbonyl (C=O) groups excluding carboxylic acids is 2. The Morgan fingerprint density at radius 2 is 1.93 bits per heavy atom. The lowest BCUT2D eigenvalue weighted by molar-refractivity contribution is -0.121. The summed E-state index contributed by atoms with van der Waals surface area (Å²) in [5.41, 5.74) is 1.89. The van der Waals surface area contributed by atoms with Gasteiger partial charge in [0.1, 0.15) is 0 Å². The molecule has 0 bridgehead atoms. The number of rotatable bonds is 6. The molecule has 3 heterocycles. The molecule has 3 amide bonds. The Hall–Kier alpha value is -2.09. The Kier molecular flexibility index (Phi) is 6.71. The second kappa shape index (κ2) is 9.21. The number of hydrogen-bond acceptors (Lipinski definition) is 4. The smallest absolute Gasteiger partial charge is 0.319 e. The first-order valence-corrected chi connectivity index (χ1v) is 10.0. The van der Waals surface area contributed by atoms with E-state index in [9.17, 15) is 9.59 Å². The quantitative estimate of drug-likeness (QED) is 0.811. The minimum atomic E-state index is 0.0255. The van der Waals surface area contributed by atoms with Gasteiger partial charge in [-0.3, -0.25) is 9.48 Å². The predicted molar refractivity (Wildman–Crippen MR) is 103 cm³/mol. The third kappa shape index (κ3) is 5.45. The van der Waals surface area contributed by atoms with Crippen molar-refractivity contribution >= 4 is 11.9 Å². The summed E-state index contributed by atoms with van der Waals surface area (Å²) in [6.45, 7) is 5.92. The highest BCUT2D eigenvalue weighted by Gasteiger charge is 2.21. The van der Waals surface area contributed by atoms with Crippen LogP contribution in [0.2, 0.25) is 0 Å². The van der Waals surface area contributed by atoms with Gasteiger partial charge in [0.15, 0.2) is 0 Å². The van der Waals surface area contributed by atoms with Gasteiger partial charge in [-0.15, -0.1) is 0 Å². The van der Waals surface area contributed by atoms with Crippen molar-refractivity contribution in [2.45, 2.75) is 51.7 Å². The average molecular weight is 377 g/mol. The number of fused-ring (bicyclic) bond motifs is 1. The van der Waals surface area contributed by atoms with Crippen molar-refractivity contribution in [3.05, 3.63) is 17.5 Å². The molecule has 2 aliphatic rings. The van der Waals surface area contributed by atoms with E-state index in [1.54, 1.807) is 19.0 Å².